The summed E-state index contributed by atoms with van der Waals surface area (Å²) in [5.74, 6) is -0.0754. The normalized spacial score (nSPS) is 26.3. The molecule has 0 spiro atoms. The average Bonchev–Trinajstić information content (AvgIpc) is 3.23. The van der Waals surface area contributed by atoms with Crippen molar-refractivity contribution in [3.05, 3.63) is 35.9 Å². The number of benzene rings is 1. The van der Waals surface area contributed by atoms with Crippen LogP contribution in [-0.2, 0) is 9.59 Å². The minimum Gasteiger partial charge on any atom is -0.336 e. The summed E-state index contributed by atoms with van der Waals surface area (Å²) in [6.07, 6.45) is 0. The molecule has 3 aliphatic rings. The Bertz CT molecular complexity index is 802. The Labute approximate surface area is 160 Å². The van der Waals surface area contributed by atoms with E-state index in [2.05, 4.69) is 5.32 Å². The molecule has 4 rings (SSSR count). The predicted octanol–water partition coefficient (Wildman–Crippen LogP) is 1.05. The first kappa shape index (κ1) is 17.8. The van der Waals surface area contributed by atoms with Gasteiger partial charge in [-0.2, -0.15) is 0 Å². The maximum atomic E-state index is 13.0. The van der Waals surface area contributed by atoms with Gasteiger partial charge in [0.05, 0.1) is 12.6 Å². The number of hydrogen-bond acceptors (Lipinski definition) is 5. The van der Waals surface area contributed by atoms with Crippen LogP contribution in [0.3, 0.4) is 0 Å². The van der Waals surface area contributed by atoms with Crippen molar-refractivity contribution >= 4 is 34.8 Å². The Balaban J connectivity index is 1.49. The van der Waals surface area contributed by atoms with Crippen molar-refractivity contribution in [3.63, 3.8) is 0 Å². The highest BCUT2D eigenvalue weighted by molar-refractivity contribution is 8.14. The number of urea groups is 1. The van der Waals surface area contributed by atoms with Gasteiger partial charge >= 0.3 is 6.03 Å². The zero-order valence-corrected chi connectivity index (χ0v) is 15.6. The summed E-state index contributed by atoms with van der Waals surface area (Å²) in [6, 6.07) is 7.52. The number of thioether (sulfide) groups is 1. The summed E-state index contributed by atoms with van der Waals surface area (Å²) in [6.45, 7) is 2.67. The third kappa shape index (κ3) is 3.05. The van der Waals surface area contributed by atoms with Gasteiger partial charge in [-0.05, 0) is 12.5 Å². The minimum atomic E-state index is -0.661. The zero-order chi connectivity index (χ0) is 19.1. The molecule has 142 valence electrons. The monoisotopic (exact) mass is 388 g/mol. The van der Waals surface area contributed by atoms with Crippen molar-refractivity contribution in [1.82, 2.24) is 20.0 Å². The highest BCUT2D eigenvalue weighted by atomic mass is 32.2. The minimum absolute atomic E-state index is 0.165. The van der Waals surface area contributed by atoms with Crippen molar-refractivity contribution in [1.29, 1.82) is 0 Å². The number of rotatable bonds is 3. The number of carbonyl (C=O) groups is 4. The van der Waals surface area contributed by atoms with E-state index in [-0.39, 0.29) is 35.7 Å². The molecule has 3 aliphatic heterocycles. The van der Waals surface area contributed by atoms with Crippen LogP contribution in [0.25, 0.3) is 0 Å². The number of amides is 5. The van der Waals surface area contributed by atoms with Crippen LogP contribution in [0.1, 0.15) is 18.5 Å². The van der Waals surface area contributed by atoms with Crippen LogP contribution < -0.4 is 5.32 Å². The van der Waals surface area contributed by atoms with E-state index in [0.717, 1.165) is 17.3 Å². The fourth-order valence-electron chi connectivity index (χ4n) is 3.79. The number of nitrogens with one attached hydrogen (secondary N) is 1. The van der Waals surface area contributed by atoms with Gasteiger partial charge in [0, 0.05) is 18.8 Å². The second kappa shape index (κ2) is 6.88. The topological polar surface area (TPSA) is 90.0 Å². The van der Waals surface area contributed by atoms with Crippen LogP contribution in [0.5, 0.6) is 0 Å². The fourth-order valence-corrected chi connectivity index (χ4v) is 4.56. The first-order chi connectivity index (χ1) is 13.0. The molecule has 0 bridgehead atoms. The van der Waals surface area contributed by atoms with Crippen LogP contribution in [0.2, 0.25) is 0 Å². The van der Waals surface area contributed by atoms with Crippen LogP contribution in [0.4, 0.5) is 9.59 Å². The van der Waals surface area contributed by atoms with Crippen molar-refractivity contribution in [2.45, 2.75) is 25.0 Å². The quantitative estimate of drug-likeness (QED) is 0.782. The van der Waals surface area contributed by atoms with E-state index < -0.39 is 12.1 Å². The second-order valence-electron chi connectivity index (χ2n) is 6.87. The molecule has 1 N–H and O–H groups in total. The van der Waals surface area contributed by atoms with E-state index in [0.29, 0.717) is 18.8 Å². The van der Waals surface area contributed by atoms with Gasteiger partial charge in [-0.15, -0.1) is 0 Å². The summed E-state index contributed by atoms with van der Waals surface area (Å²) < 4.78 is 0. The molecule has 3 heterocycles. The lowest BCUT2D eigenvalue weighted by Gasteiger charge is -2.36. The third-order valence-electron chi connectivity index (χ3n) is 5.31. The third-order valence-corrected chi connectivity index (χ3v) is 6.19. The summed E-state index contributed by atoms with van der Waals surface area (Å²) in [7, 11) is 0. The predicted molar refractivity (Wildman–Crippen MR) is 99.0 cm³/mol. The Hall–Kier alpha value is -2.55. The fraction of sp³-hybridized carbons (Fsp3) is 0.444. The van der Waals surface area contributed by atoms with E-state index in [1.54, 1.807) is 9.80 Å². The molecule has 5 amide bonds. The van der Waals surface area contributed by atoms with Crippen molar-refractivity contribution < 1.29 is 19.2 Å². The first-order valence-electron chi connectivity index (χ1n) is 8.88. The molecule has 3 saturated heterocycles. The summed E-state index contributed by atoms with van der Waals surface area (Å²) in [5, 5.41) is 2.43. The molecule has 9 heteroatoms. The molecule has 0 saturated carbocycles. The maximum Gasteiger partial charge on any atom is 0.328 e. The van der Waals surface area contributed by atoms with E-state index in [1.165, 1.54) is 4.90 Å². The molecule has 3 atom stereocenters. The summed E-state index contributed by atoms with van der Waals surface area (Å²) >= 11 is 1.08. The van der Waals surface area contributed by atoms with Gasteiger partial charge in [0.1, 0.15) is 12.1 Å². The molecule has 0 unspecified atom stereocenters. The Morgan fingerprint density at radius 2 is 1.93 bits per heavy atom. The van der Waals surface area contributed by atoms with Crippen LogP contribution in [-0.4, -0.2) is 75.3 Å². The second-order valence-corrected chi connectivity index (χ2v) is 7.86. The zero-order valence-electron chi connectivity index (χ0n) is 14.8. The maximum absolute atomic E-state index is 13.0. The molecule has 1 aromatic carbocycles. The lowest BCUT2D eigenvalue weighted by atomic mass is 10.1. The molecule has 27 heavy (non-hydrogen) atoms. The Morgan fingerprint density at radius 1 is 1.19 bits per heavy atom. The van der Waals surface area contributed by atoms with Crippen LogP contribution in [0, 0.1) is 0 Å². The molecule has 0 radical (unpaired) electrons. The molecule has 0 aliphatic carbocycles. The average molecular weight is 388 g/mol. The van der Waals surface area contributed by atoms with E-state index >= 15 is 0 Å². The number of nitrogens with zero attached hydrogens (tertiary/aromatic N) is 3. The van der Waals surface area contributed by atoms with Crippen molar-refractivity contribution in [2.24, 2.45) is 0 Å². The van der Waals surface area contributed by atoms with E-state index in [9.17, 15) is 19.2 Å². The lowest BCUT2D eigenvalue weighted by Crippen LogP contribution is -2.58. The van der Waals surface area contributed by atoms with E-state index in [1.807, 2.05) is 37.3 Å². The molecule has 3 fully saturated rings. The Kier molecular flexibility index (Phi) is 4.55. The van der Waals surface area contributed by atoms with Gasteiger partial charge in [-0.3, -0.25) is 19.3 Å². The van der Waals surface area contributed by atoms with Crippen molar-refractivity contribution in [3.8, 4) is 0 Å². The number of piperazine rings is 1. The molecule has 0 aromatic heterocycles. The highest BCUT2D eigenvalue weighted by Crippen LogP contribution is 2.30. The van der Waals surface area contributed by atoms with Crippen LogP contribution in [0.15, 0.2) is 30.3 Å². The molecule has 1 aromatic rings. The van der Waals surface area contributed by atoms with Gasteiger partial charge in [0.25, 0.3) is 11.1 Å². The number of imide groups is 1. The van der Waals surface area contributed by atoms with Gasteiger partial charge in [-0.1, -0.05) is 42.1 Å². The van der Waals surface area contributed by atoms with Gasteiger partial charge in [0.2, 0.25) is 5.91 Å². The number of hydrogen-bond donors (Lipinski definition) is 1. The van der Waals surface area contributed by atoms with E-state index in [4.69, 9.17) is 0 Å². The lowest BCUT2D eigenvalue weighted by molar-refractivity contribution is -0.137. The van der Waals surface area contributed by atoms with Gasteiger partial charge in [-0.25, -0.2) is 4.79 Å². The number of carbonyl (C=O) groups excluding carboxylic acids is 4. The molecule has 8 nitrogen and oxygen atoms in total. The number of fused-ring (bicyclic) bond motifs is 1. The standard InChI is InChI=1S/C18H20N4O4S/c1-11(12-5-3-2-4-6-12)22-16(24)14-9-20(7-8-21(14)18(22)26)15(23)13-10-27-17(25)19-13/h2-6,11,13-14H,7-10H2,1H3,(H,19,25)/t11-,13+,14+/m0/s1. The SMILES string of the molecule is C[C@@H](c1ccccc1)N1C(=O)[C@H]2CN(C(=O)[C@H]3CSC(=O)N3)CCN2C1=O. The highest BCUT2D eigenvalue weighted by Gasteiger charge is 2.50. The summed E-state index contributed by atoms with van der Waals surface area (Å²) in [5.41, 5.74) is 0.887. The molecular weight excluding hydrogens is 368 g/mol. The summed E-state index contributed by atoms with van der Waals surface area (Å²) in [4.78, 5) is 54.2. The van der Waals surface area contributed by atoms with Crippen molar-refractivity contribution in [2.75, 3.05) is 25.4 Å². The van der Waals surface area contributed by atoms with Crippen LogP contribution >= 0.6 is 11.8 Å². The largest absolute Gasteiger partial charge is 0.336 e. The van der Waals surface area contributed by atoms with Gasteiger partial charge < -0.3 is 15.1 Å². The first-order valence-corrected chi connectivity index (χ1v) is 9.86. The molecular formula is C18H20N4O4S. The van der Waals surface area contributed by atoms with Gasteiger partial charge in [0.15, 0.2) is 0 Å². The Morgan fingerprint density at radius 3 is 2.59 bits per heavy atom. The smallest absolute Gasteiger partial charge is 0.328 e.